The molecule has 1 fully saturated rings. The first kappa shape index (κ1) is 13.2. The fourth-order valence-corrected chi connectivity index (χ4v) is 3.96. The molecule has 0 amide bonds. The van der Waals surface area contributed by atoms with Gasteiger partial charge in [0.25, 0.3) is 0 Å². The minimum atomic E-state index is -3.01. The molecule has 1 unspecified atom stereocenters. The fraction of sp³-hybridized carbons (Fsp3) is 0.462. The summed E-state index contributed by atoms with van der Waals surface area (Å²) >= 11 is 0. The van der Waals surface area contributed by atoms with Gasteiger partial charge in [0, 0.05) is 18.6 Å². The van der Waals surface area contributed by atoms with E-state index in [1.54, 1.807) is 25.3 Å². The number of hydrogen-bond donors (Lipinski definition) is 0. The minimum absolute atomic E-state index is 0.0136. The Bertz CT molecular complexity index is 548. The molecule has 1 heterocycles. The molecule has 0 N–H and O–H groups in total. The first-order valence-electron chi connectivity index (χ1n) is 5.84. The van der Waals surface area contributed by atoms with Crippen molar-refractivity contribution in [2.75, 3.05) is 18.6 Å². The molecular weight excluding hydrogens is 252 g/mol. The molecule has 1 atom stereocenters. The lowest BCUT2D eigenvalue weighted by Gasteiger charge is -2.08. The average Bonchev–Trinajstić information content (AvgIpc) is 2.70. The van der Waals surface area contributed by atoms with Crippen molar-refractivity contribution in [3.63, 3.8) is 0 Å². The normalized spacial score (nSPS) is 21.9. The van der Waals surface area contributed by atoms with Crippen LogP contribution in [0.4, 0.5) is 0 Å². The molecule has 0 bridgehead atoms. The lowest BCUT2D eigenvalue weighted by molar-refractivity contribution is 0.0933. The van der Waals surface area contributed by atoms with E-state index in [9.17, 15) is 13.2 Å². The van der Waals surface area contributed by atoms with Gasteiger partial charge in [-0.1, -0.05) is 18.2 Å². The zero-order chi connectivity index (χ0) is 13.2. The largest absolute Gasteiger partial charge is 0.380 e. The maximum Gasteiger partial charge on any atom is 0.167 e. The number of carbonyl (C=O) groups excluding carboxylic acids is 1. The summed E-state index contributed by atoms with van der Waals surface area (Å²) in [5.74, 6) is -0.344. The smallest absolute Gasteiger partial charge is 0.167 e. The van der Waals surface area contributed by atoms with Crippen LogP contribution in [-0.2, 0) is 21.2 Å². The number of Topliss-reactive ketones (excluding diaryl/α,β-unsaturated/α-hetero) is 1. The number of rotatable bonds is 4. The zero-order valence-electron chi connectivity index (χ0n) is 10.3. The van der Waals surface area contributed by atoms with Gasteiger partial charge in [-0.15, -0.1) is 0 Å². The van der Waals surface area contributed by atoms with E-state index in [0.29, 0.717) is 18.6 Å². The van der Waals surface area contributed by atoms with Gasteiger partial charge in [-0.25, -0.2) is 8.42 Å². The topological polar surface area (TPSA) is 60.4 Å². The Morgan fingerprint density at radius 2 is 2.22 bits per heavy atom. The first-order chi connectivity index (χ1) is 8.52. The SMILES string of the molecule is COCc1cccc(C(=O)C2CCS(=O)(=O)C2)c1. The molecule has 0 aromatic heterocycles. The maximum atomic E-state index is 12.2. The number of ether oxygens (including phenoxy) is 1. The van der Waals surface area contributed by atoms with Crippen molar-refractivity contribution in [3.05, 3.63) is 35.4 Å². The molecule has 1 aliphatic heterocycles. The van der Waals surface area contributed by atoms with Crippen LogP contribution in [-0.4, -0.2) is 32.8 Å². The third-order valence-electron chi connectivity index (χ3n) is 3.13. The summed E-state index contributed by atoms with van der Waals surface area (Å²) < 4.78 is 27.8. The van der Waals surface area contributed by atoms with Gasteiger partial charge in [0.1, 0.15) is 0 Å². The van der Waals surface area contributed by atoms with E-state index < -0.39 is 9.84 Å². The number of sulfone groups is 1. The van der Waals surface area contributed by atoms with Crippen molar-refractivity contribution >= 4 is 15.6 Å². The number of carbonyl (C=O) groups is 1. The Morgan fingerprint density at radius 1 is 1.44 bits per heavy atom. The van der Waals surface area contributed by atoms with Crippen molar-refractivity contribution in [1.82, 2.24) is 0 Å². The van der Waals surface area contributed by atoms with E-state index in [1.165, 1.54) is 0 Å². The second-order valence-corrected chi connectivity index (χ2v) is 6.83. The molecule has 1 saturated heterocycles. The fourth-order valence-electron chi connectivity index (χ4n) is 2.22. The van der Waals surface area contributed by atoms with E-state index in [0.717, 1.165) is 5.56 Å². The molecule has 18 heavy (non-hydrogen) atoms. The van der Waals surface area contributed by atoms with Crippen LogP contribution in [0, 0.1) is 5.92 Å². The van der Waals surface area contributed by atoms with Crippen LogP contribution in [0.15, 0.2) is 24.3 Å². The van der Waals surface area contributed by atoms with Gasteiger partial charge in [0.15, 0.2) is 15.6 Å². The predicted octanol–water partition coefficient (Wildman–Crippen LogP) is 1.45. The molecule has 1 aromatic carbocycles. The minimum Gasteiger partial charge on any atom is -0.380 e. The Balaban J connectivity index is 2.16. The molecule has 0 saturated carbocycles. The van der Waals surface area contributed by atoms with Crippen molar-refractivity contribution in [1.29, 1.82) is 0 Å². The Labute approximate surface area is 107 Å². The highest BCUT2D eigenvalue weighted by atomic mass is 32.2. The highest BCUT2D eigenvalue weighted by molar-refractivity contribution is 7.91. The number of methoxy groups -OCH3 is 1. The van der Waals surface area contributed by atoms with Gasteiger partial charge in [-0.3, -0.25) is 4.79 Å². The quantitative estimate of drug-likeness (QED) is 0.775. The molecule has 4 nitrogen and oxygen atoms in total. The highest BCUT2D eigenvalue weighted by Gasteiger charge is 2.33. The van der Waals surface area contributed by atoms with Crippen LogP contribution < -0.4 is 0 Å². The monoisotopic (exact) mass is 268 g/mol. The number of benzene rings is 1. The van der Waals surface area contributed by atoms with Crippen molar-refractivity contribution < 1.29 is 17.9 Å². The highest BCUT2D eigenvalue weighted by Crippen LogP contribution is 2.23. The zero-order valence-corrected chi connectivity index (χ0v) is 11.1. The summed E-state index contributed by atoms with van der Waals surface area (Å²) in [7, 11) is -1.42. The van der Waals surface area contributed by atoms with Crippen LogP contribution in [0.25, 0.3) is 0 Å². The molecular formula is C13H16O4S. The second-order valence-electron chi connectivity index (χ2n) is 4.60. The van der Waals surface area contributed by atoms with Crippen molar-refractivity contribution in [3.8, 4) is 0 Å². The van der Waals surface area contributed by atoms with Gasteiger partial charge >= 0.3 is 0 Å². The van der Waals surface area contributed by atoms with Crippen molar-refractivity contribution in [2.24, 2.45) is 5.92 Å². The summed E-state index contributed by atoms with van der Waals surface area (Å²) in [4.78, 5) is 12.2. The molecule has 5 heteroatoms. The Hall–Kier alpha value is -1.20. The van der Waals surface area contributed by atoms with E-state index in [-0.39, 0.29) is 23.2 Å². The van der Waals surface area contributed by atoms with Gasteiger partial charge < -0.3 is 4.74 Å². The molecule has 0 aliphatic carbocycles. The Morgan fingerprint density at radius 3 is 2.83 bits per heavy atom. The van der Waals surface area contributed by atoms with Crippen LogP contribution >= 0.6 is 0 Å². The lowest BCUT2D eigenvalue weighted by Crippen LogP contribution is -2.16. The van der Waals surface area contributed by atoms with Gasteiger partial charge in [0.2, 0.25) is 0 Å². The summed E-state index contributed by atoms with van der Waals surface area (Å²) in [6, 6.07) is 7.18. The van der Waals surface area contributed by atoms with E-state index in [4.69, 9.17) is 4.74 Å². The van der Waals surface area contributed by atoms with Crippen LogP contribution in [0.1, 0.15) is 22.3 Å². The summed E-state index contributed by atoms with van der Waals surface area (Å²) in [6.45, 7) is 0.448. The molecule has 0 radical (unpaired) electrons. The van der Waals surface area contributed by atoms with Crippen molar-refractivity contribution in [2.45, 2.75) is 13.0 Å². The van der Waals surface area contributed by atoms with Crippen LogP contribution in [0.3, 0.4) is 0 Å². The van der Waals surface area contributed by atoms with Gasteiger partial charge in [-0.2, -0.15) is 0 Å². The summed E-state index contributed by atoms with van der Waals surface area (Å²) in [6.07, 6.45) is 0.440. The van der Waals surface area contributed by atoms with E-state index >= 15 is 0 Å². The van der Waals surface area contributed by atoms with E-state index in [1.807, 2.05) is 6.07 Å². The standard InChI is InChI=1S/C13H16O4S/c1-17-8-10-3-2-4-11(7-10)13(14)12-5-6-18(15,16)9-12/h2-4,7,12H,5-6,8-9H2,1H3. The Kier molecular flexibility index (Phi) is 3.82. The van der Waals surface area contributed by atoms with Crippen LogP contribution in [0.5, 0.6) is 0 Å². The molecule has 0 spiro atoms. The molecule has 1 aliphatic rings. The summed E-state index contributed by atoms with van der Waals surface area (Å²) in [5.41, 5.74) is 1.50. The third-order valence-corrected chi connectivity index (χ3v) is 4.89. The van der Waals surface area contributed by atoms with Gasteiger partial charge in [0.05, 0.1) is 18.1 Å². The first-order valence-corrected chi connectivity index (χ1v) is 7.66. The number of ketones is 1. The second kappa shape index (κ2) is 5.20. The maximum absolute atomic E-state index is 12.2. The molecule has 1 aromatic rings. The molecule has 98 valence electrons. The lowest BCUT2D eigenvalue weighted by atomic mass is 9.96. The van der Waals surface area contributed by atoms with Crippen LogP contribution in [0.2, 0.25) is 0 Å². The molecule has 2 rings (SSSR count). The average molecular weight is 268 g/mol. The van der Waals surface area contributed by atoms with E-state index in [2.05, 4.69) is 0 Å². The summed E-state index contributed by atoms with van der Waals surface area (Å²) in [5, 5.41) is 0. The predicted molar refractivity (Wildman–Crippen MR) is 68.2 cm³/mol. The third kappa shape index (κ3) is 2.97. The number of hydrogen-bond acceptors (Lipinski definition) is 4. The van der Waals surface area contributed by atoms with Gasteiger partial charge in [-0.05, 0) is 18.1 Å².